The van der Waals surface area contributed by atoms with Gasteiger partial charge in [0.15, 0.2) is 0 Å². The first kappa shape index (κ1) is 25.6. The van der Waals surface area contributed by atoms with E-state index in [1.807, 2.05) is 6.92 Å². The Kier molecular flexibility index (Phi) is 9.17. The minimum Gasteiger partial charge on any atom is -0.459 e. The highest BCUT2D eigenvalue weighted by Gasteiger charge is 2.52. The van der Waals surface area contributed by atoms with Gasteiger partial charge in [-0.1, -0.05) is 34.6 Å². The van der Waals surface area contributed by atoms with Crippen LogP contribution < -0.4 is 0 Å². The summed E-state index contributed by atoms with van der Waals surface area (Å²) in [5.41, 5.74) is -1.13. The molecule has 30 heavy (non-hydrogen) atoms. The van der Waals surface area contributed by atoms with Gasteiger partial charge in [-0.15, -0.1) is 0 Å². The minimum atomic E-state index is -0.523. The number of rotatable bonds is 9. The lowest BCUT2D eigenvalue weighted by Gasteiger charge is -2.51. The SMILES string of the molecule is CCC(C(=O)OC12CCCC(OCCO)(CC(OCCO)CC(C)C1)C2)C(C)(C)C. The Hall–Kier alpha value is -0.690. The molecule has 5 atom stereocenters. The van der Waals surface area contributed by atoms with Crippen LogP contribution >= 0.6 is 0 Å². The molecule has 0 aromatic heterocycles. The predicted molar refractivity (Wildman–Crippen MR) is 116 cm³/mol. The molecular weight excluding hydrogens is 384 g/mol. The Morgan fingerprint density at radius 2 is 1.77 bits per heavy atom. The first-order chi connectivity index (χ1) is 14.1. The molecule has 2 aliphatic carbocycles. The number of ether oxygens (including phenoxy) is 3. The number of aliphatic hydroxyl groups is 2. The molecule has 0 radical (unpaired) electrons. The van der Waals surface area contributed by atoms with E-state index in [0.717, 1.165) is 38.5 Å². The van der Waals surface area contributed by atoms with E-state index < -0.39 is 11.2 Å². The highest BCUT2D eigenvalue weighted by molar-refractivity contribution is 5.73. The summed E-state index contributed by atoms with van der Waals surface area (Å²) in [6, 6.07) is 0. The summed E-state index contributed by atoms with van der Waals surface area (Å²) in [4.78, 5) is 13.3. The van der Waals surface area contributed by atoms with Crippen LogP contribution in [0.1, 0.15) is 86.0 Å². The molecule has 0 aliphatic heterocycles. The van der Waals surface area contributed by atoms with Crippen LogP contribution in [0, 0.1) is 17.3 Å². The van der Waals surface area contributed by atoms with Gasteiger partial charge in [0.1, 0.15) is 5.60 Å². The molecule has 2 saturated carbocycles. The van der Waals surface area contributed by atoms with Gasteiger partial charge < -0.3 is 24.4 Å². The topological polar surface area (TPSA) is 85.2 Å². The van der Waals surface area contributed by atoms with E-state index in [9.17, 15) is 15.0 Å². The van der Waals surface area contributed by atoms with Crippen LogP contribution in [0.2, 0.25) is 0 Å². The summed E-state index contributed by atoms with van der Waals surface area (Å²) in [6.45, 7) is 11.1. The lowest BCUT2D eigenvalue weighted by molar-refractivity contribution is -0.204. The van der Waals surface area contributed by atoms with Gasteiger partial charge in [-0.05, 0) is 49.9 Å². The minimum absolute atomic E-state index is 0.00212. The van der Waals surface area contributed by atoms with E-state index >= 15 is 0 Å². The van der Waals surface area contributed by atoms with Crippen molar-refractivity contribution in [2.24, 2.45) is 17.3 Å². The van der Waals surface area contributed by atoms with Crippen LogP contribution in [0.25, 0.3) is 0 Å². The molecule has 0 aromatic carbocycles. The molecule has 176 valence electrons. The first-order valence-electron chi connectivity index (χ1n) is 11.8. The third-order valence-electron chi connectivity index (χ3n) is 6.89. The van der Waals surface area contributed by atoms with Gasteiger partial charge in [0.05, 0.1) is 44.1 Å². The van der Waals surface area contributed by atoms with E-state index in [-0.39, 0.29) is 43.2 Å². The van der Waals surface area contributed by atoms with Crippen LogP contribution in [0.5, 0.6) is 0 Å². The van der Waals surface area contributed by atoms with Gasteiger partial charge >= 0.3 is 5.97 Å². The molecule has 6 heteroatoms. The molecule has 2 rings (SSSR count). The summed E-state index contributed by atoms with van der Waals surface area (Å²) in [5.74, 6) is 0.108. The second kappa shape index (κ2) is 10.8. The Balaban J connectivity index is 2.29. The maximum atomic E-state index is 13.3. The number of fused-ring (bicyclic) bond motifs is 2. The van der Waals surface area contributed by atoms with Crippen molar-refractivity contribution in [1.29, 1.82) is 0 Å². The molecule has 0 heterocycles. The smallest absolute Gasteiger partial charge is 0.310 e. The maximum absolute atomic E-state index is 13.3. The molecule has 2 N–H and O–H groups in total. The third-order valence-corrected chi connectivity index (χ3v) is 6.89. The molecule has 2 aliphatic rings. The van der Waals surface area contributed by atoms with Crippen molar-refractivity contribution in [1.82, 2.24) is 0 Å². The number of hydrogen-bond acceptors (Lipinski definition) is 6. The van der Waals surface area contributed by atoms with Gasteiger partial charge in [-0.3, -0.25) is 4.79 Å². The summed E-state index contributed by atoms with van der Waals surface area (Å²) < 4.78 is 18.6. The molecule has 0 amide bonds. The lowest BCUT2D eigenvalue weighted by atomic mass is 9.66. The van der Waals surface area contributed by atoms with E-state index in [0.29, 0.717) is 25.4 Å². The average molecular weight is 429 g/mol. The van der Waals surface area contributed by atoms with Crippen molar-refractivity contribution in [2.75, 3.05) is 26.4 Å². The Labute approximate surface area is 182 Å². The number of carbonyl (C=O) groups excluding carboxylic acids is 1. The second-order valence-electron chi connectivity index (χ2n) is 10.7. The zero-order chi connectivity index (χ0) is 22.4. The fourth-order valence-electron chi connectivity index (χ4n) is 5.85. The van der Waals surface area contributed by atoms with E-state index in [1.165, 1.54) is 0 Å². The van der Waals surface area contributed by atoms with Gasteiger partial charge in [-0.25, -0.2) is 0 Å². The summed E-state index contributed by atoms with van der Waals surface area (Å²) >= 11 is 0. The number of esters is 1. The molecule has 2 bridgehead atoms. The molecule has 0 saturated heterocycles. The third kappa shape index (κ3) is 6.65. The van der Waals surface area contributed by atoms with Gasteiger partial charge in [-0.2, -0.15) is 0 Å². The number of carbonyl (C=O) groups is 1. The zero-order valence-electron chi connectivity index (χ0n) is 19.7. The molecule has 5 unspecified atom stereocenters. The lowest BCUT2D eigenvalue weighted by Crippen LogP contribution is -2.54. The van der Waals surface area contributed by atoms with Crippen LogP contribution in [-0.2, 0) is 19.0 Å². The zero-order valence-corrected chi connectivity index (χ0v) is 19.7. The van der Waals surface area contributed by atoms with Crippen molar-refractivity contribution >= 4 is 5.97 Å². The number of aliphatic hydroxyl groups excluding tert-OH is 2. The molecule has 0 aromatic rings. The number of hydrogen-bond donors (Lipinski definition) is 2. The summed E-state index contributed by atoms with van der Waals surface area (Å²) in [7, 11) is 0. The van der Waals surface area contributed by atoms with E-state index in [2.05, 4.69) is 27.7 Å². The molecule has 2 fully saturated rings. The first-order valence-corrected chi connectivity index (χ1v) is 11.8. The Bertz CT molecular complexity index is 544. The van der Waals surface area contributed by atoms with Crippen LogP contribution in [0.15, 0.2) is 0 Å². The van der Waals surface area contributed by atoms with Crippen molar-refractivity contribution in [3.05, 3.63) is 0 Å². The van der Waals surface area contributed by atoms with Crippen molar-refractivity contribution < 1.29 is 29.2 Å². The fourth-order valence-corrected chi connectivity index (χ4v) is 5.85. The fraction of sp³-hybridized carbons (Fsp3) is 0.958. The van der Waals surface area contributed by atoms with E-state index in [1.54, 1.807) is 0 Å². The van der Waals surface area contributed by atoms with Crippen molar-refractivity contribution in [2.45, 2.75) is 103 Å². The van der Waals surface area contributed by atoms with Crippen LogP contribution in [-0.4, -0.2) is 59.9 Å². The highest BCUT2D eigenvalue weighted by Crippen LogP contribution is 2.49. The van der Waals surface area contributed by atoms with Crippen LogP contribution in [0.3, 0.4) is 0 Å². The normalized spacial score (nSPS) is 33.4. The van der Waals surface area contributed by atoms with Gasteiger partial charge in [0, 0.05) is 12.8 Å². The monoisotopic (exact) mass is 428 g/mol. The Morgan fingerprint density at radius 1 is 1.10 bits per heavy atom. The molecule has 0 spiro atoms. The predicted octanol–water partition coefficient (Wildman–Crippen LogP) is 3.86. The average Bonchev–Trinajstić information content (AvgIpc) is 2.63. The largest absolute Gasteiger partial charge is 0.459 e. The summed E-state index contributed by atoms with van der Waals surface area (Å²) in [5, 5.41) is 18.6. The van der Waals surface area contributed by atoms with Gasteiger partial charge in [0.2, 0.25) is 0 Å². The van der Waals surface area contributed by atoms with E-state index in [4.69, 9.17) is 14.2 Å². The standard InChI is InChI=1S/C24H44O6/c1-6-20(22(3,4)5)21(27)30-24-9-7-8-23(17-24,29-13-11-26)16-19(28-12-10-25)14-18(2)15-24/h18-20,25-26H,6-17H2,1-5H3. The molecule has 6 nitrogen and oxygen atoms in total. The van der Waals surface area contributed by atoms with Crippen molar-refractivity contribution in [3.63, 3.8) is 0 Å². The maximum Gasteiger partial charge on any atom is 0.310 e. The highest BCUT2D eigenvalue weighted by atomic mass is 16.6. The Morgan fingerprint density at radius 3 is 2.37 bits per heavy atom. The quantitative estimate of drug-likeness (QED) is 0.543. The summed E-state index contributed by atoms with van der Waals surface area (Å²) in [6.07, 6.45) is 6.40. The van der Waals surface area contributed by atoms with Crippen molar-refractivity contribution in [3.8, 4) is 0 Å². The van der Waals surface area contributed by atoms with Gasteiger partial charge in [0.25, 0.3) is 0 Å². The molecular formula is C24H44O6. The second-order valence-corrected chi connectivity index (χ2v) is 10.7. The van der Waals surface area contributed by atoms with Crippen LogP contribution in [0.4, 0.5) is 0 Å².